The molecule has 0 saturated heterocycles. The quantitative estimate of drug-likeness (QED) is 0.650. The molecular weight excluding hydrogens is 312 g/mol. The molecule has 0 aromatic heterocycles. The van der Waals surface area contributed by atoms with E-state index in [0.717, 1.165) is 5.56 Å². The highest BCUT2D eigenvalue weighted by Gasteiger charge is 2.30. The van der Waals surface area contributed by atoms with Crippen LogP contribution < -0.4 is 15.4 Å². The maximum atomic E-state index is 11.9. The number of carbonyl (C=O) groups is 3. The van der Waals surface area contributed by atoms with E-state index in [0.29, 0.717) is 5.75 Å². The highest BCUT2D eigenvalue weighted by molar-refractivity contribution is 5.96. The zero-order valence-corrected chi connectivity index (χ0v) is 14.1. The number of hydrogen-bond acceptors (Lipinski definition) is 4. The van der Waals surface area contributed by atoms with Gasteiger partial charge in [0, 0.05) is 6.08 Å². The first-order valence-electron chi connectivity index (χ1n) is 7.34. The van der Waals surface area contributed by atoms with E-state index in [4.69, 9.17) is 9.84 Å². The third-order valence-corrected chi connectivity index (χ3v) is 3.27. The van der Waals surface area contributed by atoms with Crippen LogP contribution in [0.25, 0.3) is 6.08 Å². The zero-order valence-electron chi connectivity index (χ0n) is 14.1. The van der Waals surface area contributed by atoms with E-state index in [9.17, 15) is 14.4 Å². The van der Waals surface area contributed by atoms with Crippen LogP contribution in [0.1, 0.15) is 26.3 Å². The van der Waals surface area contributed by atoms with Crippen LogP contribution >= 0.6 is 0 Å². The van der Waals surface area contributed by atoms with Gasteiger partial charge in [0.1, 0.15) is 17.3 Å². The molecule has 7 heteroatoms. The van der Waals surface area contributed by atoms with Crippen molar-refractivity contribution in [3.8, 4) is 5.75 Å². The summed E-state index contributed by atoms with van der Waals surface area (Å²) >= 11 is 0. The lowest BCUT2D eigenvalue weighted by molar-refractivity contribution is -0.146. The number of rotatable bonds is 7. The van der Waals surface area contributed by atoms with Gasteiger partial charge in [-0.2, -0.15) is 0 Å². The summed E-state index contributed by atoms with van der Waals surface area (Å²) in [6, 6.07) is 6.24. The first-order chi connectivity index (χ1) is 11.2. The first kappa shape index (κ1) is 19.2. The number of carboxylic acid groups (broad SMARTS) is 1. The van der Waals surface area contributed by atoms with Crippen molar-refractivity contribution in [2.45, 2.75) is 32.4 Å². The fourth-order valence-corrected chi connectivity index (χ4v) is 1.68. The number of nitrogens with one attached hydrogen (secondary N) is 2. The molecule has 24 heavy (non-hydrogen) atoms. The molecule has 130 valence electrons. The summed E-state index contributed by atoms with van der Waals surface area (Å²) in [5, 5.41) is 13.8. The lowest BCUT2D eigenvalue weighted by Gasteiger charge is -2.23. The largest absolute Gasteiger partial charge is 0.497 e. The van der Waals surface area contributed by atoms with E-state index >= 15 is 0 Å². The number of methoxy groups -OCH3 is 1. The van der Waals surface area contributed by atoms with Gasteiger partial charge in [-0.25, -0.2) is 4.79 Å². The predicted octanol–water partition coefficient (Wildman–Crippen LogP) is 1.19. The summed E-state index contributed by atoms with van der Waals surface area (Å²) in [5.41, 5.74) is -0.607. The Hall–Kier alpha value is -2.83. The highest BCUT2D eigenvalue weighted by atomic mass is 16.5. The molecule has 7 nitrogen and oxygen atoms in total. The van der Waals surface area contributed by atoms with Crippen LogP contribution in [0, 0.1) is 0 Å². The van der Waals surface area contributed by atoms with Crippen LogP contribution in [-0.4, -0.2) is 41.6 Å². The van der Waals surface area contributed by atoms with Gasteiger partial charge in [-0.05, 0) is 44.5 Å². The molecule has 0 spiro atoms. The summed E-state index contributed by atoms with van der Waals surface area (Å²) in [6.45, 7) is 4.21. The number of carboxylic acids is 1. The van der Waals surface area contributed by atoms with E-state index in [2.05, 4.69) is 10.6 Å². The third-order valence-electron chi connectivity index (χ3n) is 3.27. The number of carbonyl (C=O) groups excluding carboxylic acids is 2. The van der Waals surface area contributed by atoms with Gasteiger partial charge in [0.2, 0.25) is 11.8 Å². The van der Waals surface area contributed by atoms with Crippen LogP contribution in [0.2, 0.25) is 0 Å². The van der Waals surface area contributed by atoms with Crippen molar-refractivity contribution in [3.63, 3.8) is 0 Å². The molecule has 1 rings (SSSR count). The lowest BCUT2D eigenvalue weighted by Crippen LogP contribution is -2.55. The van der Waals surface area contributed by atoms with Gasteiger partial charge < -0.3 is 20.5 Å². The van der Waals surface area contributed by atoms with Gasteiger partial charge >= 0.3 is 5.97 Å². The Labute approximate surface area is 140 Å². The molecule has 0 bridgehead atoms. The number of hydrogen-bond donors (Lipinski definition) is 3. The van der Waals surface area contributed by atoms with Crippen LogP contribution in [0.5, 0.6) is 5.75 Å². The number of aliphatic carboxylic acids is 1. The van der Waals surface area contributed by atoms with Crippen LogP contribution in [0.3, 0.4) is 0 Å². The molecule has 1 aromatic rings. The van der Waals surface area contributed by atoms with Crippen molar-refractivity contribution in [1.29, 1.82) is 0 Å². The first-order valence-corrected chi connectivity index (χ1v) is 7.34. The fourth-order valence-electron chi connectivity index (χ4n) is 1.68. The number of benzene rings is 1. The Morgan fingerprint density at radius 1 is 1.21 bits per heavy atom. The second kappa shape index (κ2) is 8.14. The van der Waals surface area contributed by atoms with E-state index in [1.54, 1.807) is 37.5 Å². The summed E-state index contributed by atoms with van der Waals surface area (Å²) in [6.07, 6.45) is 2.90. The molecule has 0 saturated carbocycles. The van der Waals surface area contributed by atoms with Crippen molar-refractivity contribution in [2.75, 3.05) is 7.11 Å². The normalized spacial score (nSPS) is 12.5. The molecule has 1 aromatic carbocycles. The summed E-state index contributed by atoms with van der Waals surface area (Å²) in [5.74, 6) is -1.48. The number of amides is 2. The molecule has 2 amide bonds. The minimum Gasteiger partial charge on any atom is -0.497 e. The van der Waals surface area contributed by atoms with Gasteiger partial charge in [-0.3, -0.25) is 9.59 Å². The van der Waals surface area contributed by atoms with E-state index < -0.39 is 29.4 Å². The molecule has 0 heterocycles. The second-order valence-corrected chi connectivity index (χ2v) is 5.76. The number of ether oxygens (including phenoxy) is 1. The van der Waals surface area contributed by atoms with Crippen molar-refractivity contribution in [3.05, 3.63) is 35.9 Å². The Balaban J connectivity index is 2.58. The van der Waals surface area contributed by atoms with Crippen LogP contribution in [0.15, 0.2) is 30.3 Å². The minimum absolute atomic E-state index is 0.457. The minimum atomic E-state index is -1.41. The van der Waals surface area contributed by atoms with E-state index in [-0.39, 0.29) is 0 Å². The fraction of sp³-hybridized carbons (Fsp3) is 0.353. The Bertz CT molecular complexity index is 635. The second-order valence-electron chi connectivity index (χ2n) is 5.76. The molecule has 0 aliphatic rings. The smallest absolute Gasteiger partial charge is 0.328 e. The lowest BCUT2D eigenvalue weighted by atomic mass is 10.1. The van der Waals surface area contributed by atoms with Crippen molar-refractivity contribution >= 4 is 23.9 Å². The van der Waals surface area contributed by atoms with Gasteiger partial charge in [-0.15, -0.1) is 0 Å². The SMILES string of the molecule is COc1ccc(C=CC(=O)NC(C)C(=O)NC(C)(C)C(=O)O)cc1. The van der Waals surface area contributed by atoms with Crippen molar-refractivity contribution < 1.29 is 24.2 Å². The summed E-state index contributed by atoms with van der Waals surface area (Å²) in [4.78, 5) is 34.7. The van der Waals surface area contributed by atoms with E-state index in [1.165, 1.54) is 26.8 Å². The maximum absolute atomic E-state index is 11.9. The average molecular weight is 334 g/mol. The molecule has 0 aliphatic heterocycles. The van der Waals surface area contributed by atoms with Crippen molar-refractivity contribution in [1.82, 2.24) is 10.6 Å². The monoisotopic (exact) mass is 334 g/mol. The molecule has 3 N–H and O–H groups in total. The Kier molecular flexibility index (Phi) is 6.52. The molecule has 0 fully saturated rings. The standard InChI is InChI=1S/C17H22N2O5/c1-11(15(21)19-17(2,3)16(22)23)18-14(20)10-7-12-5-8-13(24-4)9-6-12/h5-11H,1-4H3,(H,18,20)(H,19,21)(H,22,23). The zero-order chi connectivity index (χ0) is 18.3. The van der Waals surface area contributed by atoms with Gasteiger partial charge in [0.15, 0.2) is 0 Å². The van der Waals surface area contributed by atoms with Gasteiger partial charge in [0.05, 0.1) is 7.11 Å². The summed E-state index contributed by atoms with van der Waals surface area (Å²) in [7, 11) is 1.57. The topological polar surface area (TPSA) is 105 Å². The predicted molar refractivity (Wildman–Crippen MR) is 89.5 cm³/mol. The molecule has 0 aliphatic carbocycles. The van der Waals surface area contributed by atoms with Crippen LogP contribution in [-0.2, 0) is 14.4 Å². The van der Waals surface area contributed by atoms with Crippen molar-refractivity contribution in [2.24, 2.45) is 0 Å². The highest BCUT2D eigenvalue weighted by Crippen LogP contribution is 2.12. The van der Waals surface area contributed by atoms with Gasteiger partial charge in [0.25, 0.3) is 0 Å². The van der Waals surface area contributed by atoms with Crippen LogP contribution in [0.4, 0.5) is 0 Å². The Morgan fingerprint density at radius 2 is 1.79 bits per heavy atom. The summed E-state index contributed by atoms with van der Waals surface area (Å²) < 4.78 is 5.04. The molecule has 1 atom stereocenters. The van der Waals surface area contributed by atoms with E-state index in [1.807, 2.05) is 0 Å². The van der Waals surface area contributed by atoms with Gasteiger partial charge in [-0.1, -0.05) is 12.1 Å². The molecule has 1 unspecified atom stereocenters. The maximum Gasteiger partial charge on any atom is 0.328 e. The molecular formula is C17H22N2O5. The third kappa shape index (κ3) is 5.75. The average Bonchev–Trinajstić information content (AvgIpc) is 2.52. The Morgan fingerprint density at radius 3 is 2.29 bits per heavy atom. The molecule has 0 radical (unpaired) electrons.